The zero-order valence-electron chi connectivity index (χ0n) is 20.5. The van der Waals surface area contributed by atoms with Crippen LogP contribution >= 0.6 is 23.2 Å². The van der Waals surface area contributed by atoms with Gasteiger partial charge >= 0.3 is 0 Å². The lowest BCUT2D eigenvalue weighted by Gasteiger charge is -2.08. The zero-order valence-corrected chi connectivity index (χ0v) is 22.0. The number of amides is 1. The first-order valence-corrected chi connectivity index (χ1v) is 12.8. The molecule has 186 valence electrons. The van der Waals surface area contributed by atoms with E-state index in [1.54, 1.807) is 47.1 Å². The highest BCUT2D eigenvalue weighted by Gasteiger charge is 2.16. The van der Waals surface area contributed by atoms with Crippen LogP contribution in [0.15, 0.2) is 85.1 Å². The number of carbonyl (C=O) groups is 1. The summed E-state index contributed by atoms with van der Waals surface area (Å²) in [5.41, 5.74) is 4.27. The predicted octanol–water partition coefficient (Wildman–Crippen LogP) is 8.24. The molecule has 1 amide bonds. The molecule has 0 radical (unpaired) electrons. The highest BCUT2D eigenvalue weighted by atomic mass is 35.5. The molecule has 0 unspecified atom stereocenters. The number of aryl methyl sites for hydroxylation is 1. The number of fused-ring (bicyclic) bond motifs is 1. The number of hydrogen-bond acceptors (Lipinski definition) is 3. The van der Waals surface area contributed by atoms with Gasteiger partial charge in [-0.15, -0.1) is 5.10 Å². The monoisotopic (exact) mass is 529 g/mol. The Balaban J connectivity index is 1.54. The molecule has 0 aliphatic rings. The number of carbonyl (C=O) groups excluding carboxylic acids is 1. The van der Waals surface area contributed by atoms with Crippen LogP contribution in [0.2, 0.25) is 10.0 Å². The van der Waals surface area contributed by atoms with Crippen molar-refractivity contribution >= 4 is 39.9 Å². The summed E-state index contributed by atoms with van der Waals surface area (Å²) in [4.78, 5) is 12.3. The molecule has 0 aliphatic carbocycles. The second kappa shape index (κ2) is 10.7. The molecule has 4 aromatic carbocycles. The fourth-order valence-corrected chi connectivity index (χ4v) is 4.61. The number of rotatable bonds is 7. The molecule has 0 atom stereocenters. The van der Waals surface area contributed by atoms with Crippen LogP contribution in [0.25, 0.3) is 27.6 Å². The van der Waals surface area contributed by atoms with Gasteiger partial charge in [0.15, 0.2) is 0 Å². The fourth-order valence-electron chi connectivity index (χ4n) is 4.09. The third kappa shape index (κ3) is 5.63. The average molecular weight is 530 g/mol. The van der Waals surface area contributed by atoms with Crippen molar-refractivity contribution in [3.05, 3.63) is 106 Å². The number of benzene rings is 4. The van der Waals surface area contributed by atoms with Gasteiger partial charge in [-0.3, -0.25) is 4.79 Å². The Hall–Kier alpha value is -3.80. The standard InChI is InChI=1S/C30H25Cl2N3O2/c1-3-12-33-29(36)20-8-10-27(11-9-20)37-30-28(18-35(34-30)26-16-24(31)15-25(32)17-26)23-7-6-21-13-19(2)4-5-22(21)14-23/h4-11,13-18H,3,12H2,1-2H3,(H,33,36). The van der Waals surface area contributed by atoms with E-state index < -0.39 is 0 Å². The smallest absolute Gasteiger partial charge is 0.251 e. The number of nitrogens with one attached hydrogen (secondary N) is 1. The van der Waals surface area contributed by atoms with Gasteiger partial charge in [0.1, 0.15) is 5.75 Å². The topological polar surface area (TPSA) is 56.1 Å². The molecule has 5 aromatic rings. The first-order chi connectivity index (χ1) is 17.9. The minimum absolute atomic E-state index is 0.109. The highest BCUT2D eigenvalue weighted by molar-refractivity contribution is 6.34. The number of hydrogen-bond donors (Lipinski definition) is 1. The first-order valence-electron chi connectivity index (χ1n) is 12.0. The fraction of sp³-hybridized carbons (Fsp3) is 0.133. The van der Waals surface area contributed by atoms with E-state index in [0.29, 0.717) is 39.5 Å². The van der Waals surface area contributed by atoms with Gasteiger partial charge < -0.3 is 10.1 Å². The molecule has 1 heterocycles. The molecule has 0 spiro atoms. The van der Waals surface area contributed by atoms with Crippen molar-refractivity contribution in [1.29, 1.82) is 0 Å². The van der Waals surface area contributed by atoms with E-state index in [2.05, 4.69) is 48.6 Å². The van der Waals surface area contributed by atoms with Gasteiger partial charge in [-0.2, -0.15) is 0 Å². The van der Waals surface area contributed by atoms with Crippen LogP contribution in [-0.2, 0) is 0 Å². The zero-order chi connectivity index (χ0) is 25.9. The van der Waals surface area contributed by atoms with Gasteiger partial charge in [-0.25, -0.2) is 4.68 Å². The van der Waals surface area contributed by atoms with Gasteiger partial charge in [0.2, 0.25) is 5.88 Å². The molecular formula is C30H25Cl2N3O2. The van der Waals surface area contributed by atoms with Crippen molar-refractivity contribution in [2.45, 2.75) is 20.3 Å². The van der Waals surface area contributed by atoms with Crippen molar-refractivity contribution in [2.24, 2.45) is 0 Å². The number of nitrogens with zero attached hydrogens (tertiary/aromatic N) is 2. The quantitative estimate of drug-likeness (QED) is 0.231. The Morgan fingerprint density at radius 3 is 2.35 bits per heavy atom. The molecule has 5 nitrogen and oxygen atoms in total. The van der Waals surface area contributed by atoms with Crippen molar-refractivity contribution in [3.8, 4) is 28.4 Å². The van der Waals surface area contributed by atoms with E-state index in [1.807, 2.05) is 13.1 Å². The van der Waals surface area contributed by atoms with E-state index >= 15 is 0 Å². The average Bonchev–Trinajstić information content (AvgIpc) is 3.30. The number of aromatic nitrogens is 2. The van der Waals surface area contributed by atoms with Gasteiger partial charge in [-0.1, -0.05) is 66.0 Å². The summed E-state index contributed by atoms with van der Waals surface area (Å²) >= 11 is 12.5. The molecule has 0 saturated carbocycles. The van der Waals surface area contributed by atoms with Gasteiger partial charge in [0, 0.05) is 28.4 Å². The van der Waals surface area contributed by atoms with Crippen molar-refractivity contribution in [2.75, 3.05) is 6.54 Å². The second-order valence-electron chi connectivity index (χ2n) is 8.87. The van der Waals surface area contributed by atoms with E-state index in [-0.39, 0.29) is 5.91 Å². The molecule has 37 heavy (non-hydrogen) atoms. The third-order valence-electron chi connectivity index (χ3n) is 5.97. The molecule has 7 heteroatoms. The van der Waals surface area contributed by atoms with Crippen LogP contribution < -0.4 is 10.1 Å². The number of ether oxygens (including phenoxy) is 1. The lowest BCUT2D eigenvalue weighted by atomic mass is 10.0. The maximum Gasteiger partial charge on any atom is 0.251 e. The lowest BCUT2D eigenvalue weighted by Crippen LogP contribution is -2.23. The molecule has 0 aliphatic heterocycles. The maximum absolute atomic E-state index is 12.3. The summed E-state index contributed by atoms with van der Waals surface area (Å²) in [6.07, 6.45) is 2.78. The van der Waals surface area contributed by atoms with Crippen LogP contribution in [0.4, 0.5) is 0 Å². The van der Waals surface area contributed by atoms with E-state index in [4.69, 9.17) is 33.0 Å². The minimum atomic E-state index is -0.109. The minimum Gasteiger partial charge on any atom is -0.437 e. The van der Waals surface area contributed by atoms with Gasteiger partial charge in [-0.05, 0) is 78.2 Å². The lowest BCUT2D eigenvalue weighted by molar-refractivity contribution is 0.0953. The third-order valence-corrected chi connectivity index (χ3v) is 6.40. The summed E-state index contributed by atoms with van der Waals surface area (Å²) in [7, 11) is 0. The summed E-state index contributed by atoms with van der Waals surface area (Å²) in [5.74, 6) is 0.882. The molecular weight excluding hydrogens is 505 g/mol. The van der Waals surface area contributed by atoms with Crippen LogP contribution in [0.3, 0.4) is 0 Å². The second-order valence-corrected chi connectivity index (χ2v) is 9.74. The molecule has 1 N–H and O–H groups in total. The Bertz CT molecular complexity index is 1570. The van der Waals surface area contributed by atoms with Gasteiger partial charge in [0.25, 0.3) is 5.91 Å². The van der Waals surface area contributed by atoms with Crippen molar-refractivity contribution in [1.82, 2.24) is 15.1 Å². The van der Waals surface area contributed by atoms with Gasteiger partial charge in [0.05, 0.1) is 11.3 Å². The highest BCUT2D eigenvalue weighted by Crippen LogP contribution is 2.35. The molecule has 1 aromatic heterocycles. The summed E-state index contributed by atoms with van der Waals surface area (Å²) in [6.45, 7) is 4.73. The SMILES string of the molecule is CCCNC(=O)c1ccc(Oc2nn(-c3cc(Cl)cc(Cl)c3)cc2-c2ccc3cc(C)ccc3c2)cc1. The molecule has 0 saturated heterocycles. The largest absolute Gasteiger partial charge is 0.437 e. The van der Waals surface area contributed by atoms with E-state index in [1.165, 1.54) is 5.56 Å². The normalized spacial score (nSPS) is 11.0. The van der Waals surface area contributed by atoms with Crippen molar-refractivity contribution in [3.63, 3.8) is 0 Å². The molecule has 5 rings (SSSR count). The van der Waals surface area contributed by atoms with E-state index in [9.17, 15) is 4.79 Å². The van der Waals surface area contributed by atoms with Crippen LogP contribution in [0.5, 0.6) is 11.6 Å². The Morgan fingerprint density at radius 1 is 0.919 bits per heavy atom. The summed E-state index contributed by atoms with van der Waals surface area (Å²) < 4.78 is 7.95. The maximum atomic E-state index is 12.3. The van der Waals surface area contributed by atoms with Crippen LogP contribution in [-0.4, -0.2) is 22.2 Å². The Kier molecular flexibility index (Phi) is 7.17. The molecule has 0 bridgehead atoms. The van der Waals surface area contributed by atoms with Crippen molar-refractivity contribution < 1.29 is 9.53 Å². The Labute approximate surface area is 225 Å². The summed E-state index contributed by atoms with van der Waals surface area (Å²) in [6, 6.07) is 24.9. The van der Waals surface area contributed by atoms with Crippen LogP contribution in [0, 0.1) is 6.92 Å². The number of halogens is 2. The Morgan fingerprint density at radius 2 is 1.62 bits per heavy atom. The van der Waals surface area contributed by atoms with Crippen LogP contribution in [0.1, 0.15) is 29.3 Å². The predicted molar refractivity (Wildman–Crippen MR) is 150 cm³/mol. The van der Waals surface area contributed by atoms with E-state index in [0.717, 1.165) is 28.3 Å². The summed E-state index contributed by atoms with van der Waals surface area (Å²) in [5, 5.41) is 10.9. The molecule has 0 fully saturated rings. The first kappa shape index (κ1) is 24.9.